The lowest BCUT2D eigenvalue weighted by Crippen LogP contribution is -2.33. The third-order valence-electron chi connectivity index (χ3n) is 0.959. The van der Waals surface area contributed by atoms with Crippen LogP contribution in [0, 0.1) is 0 Å². The van der Waals surface area contributed by atoms with E-state index in [0.29, 0.717) is 6.21 Å². The summed E-state index contributed by atoms with van der Waals surface area (Å²) in [6, 6.07) is 0. The maximum atomic E-state index is 10.4. The summed E-state index contributed by atoms with van der Waals surface area (Å²) in [5.41, 5.74) is -1.51. The van der Waals surface area contributed by atoms with Crippen molar-refractivity contribution < 1.29 is 24.6 Å². The number of aliphatic carboxylic acids is 2. The number of carboxylic acid groups (broad SMARTS) is 2. The van der Waals surface area contributed by atoms with Crippen LogP contribution in [0.2, 0.25) is 0 Å². The van der Waals surface area contributed by atoms with E-state index >= 15 is 0 Å². The molecule has 0 aromatic carbocycles. The Kier molecular flexibility index (Phi) is 3.21. The van der Waals surface area contributed by atoms with Crippen LogP contribution in [0.3, 0.4) is 0 Å². The second kappa shape index (κ2) is 3.70. The summed E-state index contributed by atoms with van der Waals surface area (Å²) in [7, 11) is 0. The third-order valence-corrected chi connectivity index (χ3v) is 0.959. The Morgan fingerprint density at radius 1 is 1.42 bits per heavy atom. The van der Waals surface area contributed by atoms with Crippen molar-refractivity contribution in [2.24, 2.45) is 5.16 Å². The van der Waals surface area contributed by atoms with Gasteiger partial charge in [0.25, 0.3) is 0 Å². The number of rotatable bonds is 4. The standard InChI is InChI=1S/C6H9NO5/c1-6(2,5(10)11)12-7-3-4(8)9/h3H,1-2H3,(H,8,9)(H,10,11). The van der Waals surface area contributed by atoms with Crippen molar-refractivity contribution in [3.63, 3.8) is 0 Å². The van der Waals surface area contributed by atoms with E-state index < -0.39 is 17.5 Å². The van der Waals surface area contributed by atoms with Gasteiger partial charge in [0.2, 0.25) is 5.60 Å². The van der Waals surface area contributed by atoms with Gasteiger partial charge in [0.05, 0.1) is 0 Å². The lowest BCUT2D eigenvalue weighted by atomic mass is 10.1. The molecular weight excluding hydrogens is 166 g/mol. The van der Waals surface area contributed by atoms with Crippen LogP contribution in [0.5, 0.6) is 0 Å². The second-order valence-electron chi connectivity index (χ2n) is 2.48. The minimum absolute atomic E-state index is 0.477. The molecule has 0 spiro atoms. The minimum Gasteiger partial charge on any atom is -0.478 e. The molecule has 0 radical (unpaired) electrons. The summed E-state index contributed by atoms with van der Waals surface area (Å²) >= 11 is 0. The summed E-state index contributed by atoms with van der Waals surface area (Å²) in [4.78, 5) is 24.6. The normalized spacial score (nSPS) is 11.5. The summed E-state index contributed by atoms with van der Waals surface area (Å²) in [5.74, 6) is -2.51. The maximum absolute atomic E-state index is 10.4. The van der Waals surface area contributed by atoms with Crippen LogP contribution in [-0.4, -0.2) is 34.0 Å². The lowest BCUT2D eigenvalue weighted by molar-refractivity contribution is -0.161. The fourth-order valence-electron chi connectivity index (χ4n) is 0.242. The molecule has 0 unspecified atom stereocenters. The second-order valence-corrected chi connectivity index (χ2v) is 2.48. The zero-order valence-electron chi connectivity index (χ0n) is 6.64. The molecule has 0 saturated carbocycles. The Hall–Kier alpha value is -1.59. The van der Waals surface area contributed by atoms with Crippen molar-refractivity contribution in [1.29, 1.82) is 0 Å². The van der Waals surface area contributed by atoms with Gasteiger partial charge < -0.3 is 15.1 Å². The maximum Gasteiger partial charge on any atom is 0.350 e. The molecule has 68 valence electrons. The van der Waals surface area contributed by atoms with Gasteiger partial charge in [0, 0.05) is 0 Å². The molecule has 0 bridgehead atoms. The molecule has 0 fully saturated rings. The smallest absolute Gasteiger partial charge is 0.350 e. The molecule has 0 aliphatic heterocycles. The largest absolute Gasteiger partial charge is 0.478 e. The Labute approximate surface area is 68.4 Å². The molecule has 0 aliphatic carbocycles. The first-order valence-electron chi connectivity index (χ1n) is 3.04. The Bertz CT molecular complexity index is 220. The van der Waals surface area contributed by atoms with Crippen LogP contribution in [-0.2, 0) is 14.4 Å². The van der Waals surface area contributed by atoms with Crippen LogP contribution in [0.4, 0.5) is 0 Å². The van der Waals surface area contributed by atoms with Gasteiger partial charge in [-0.1, -0.05) is 5.16 Å². The van der Waals surface area contributed by atoms with Crippen LogP contribution >= 0.6 is 0 Å². The molecule has 6 heteroatoms. The molecular formula is C6H9NO5. The van der Waals surface area contributed by atoms with E-state index in [-0.39, 0.29) is 0 Å². The monoisotopic (exact) mass is 175 g/mol. The van der Waals surface area contributed by atoms with Crippen molar-refractivity contribution in [3.8, 4) is 0 Å². The van der Waals surface area contributed by atoms with E-state index in [2.05, 4.69) is 9.99 Å². The van der Waals surface area contributed by atoms with Gasteiger partial charge in [-0.05, 0) is 13.8 Å². The molecule has 2 N–H and O–H groups in total. The van der Waals surface area contributed by atoms with E-state index in [1.807, 2.05) is 0 Å². The number of oxime groups is 1. The van der Waals surface area contributed by atoms with Crippen molar-refractivity contribution in [2.45, 2.75) is 19.4 Å². The average molecular weight is 175 g/mol. The van der Waals surface area contributed by atoms with Crippen LogP contribution < -0.4 is 0 Å². The van der Waals surface area contributed by atoms with Crippen LogP contribution in [0.25, 0.3) is 0 Å². The fourth-order valence-corrected chi connectivity index (χ4v) is 0.242. The minimum atomic E-state index is -1.51. The summed E-state index contributed by atoms with van der Waals surface area (Å²) in [5, 5.41) is 19.5. The Balaban J connectivity index is 4.09. The van der Waals surface area contributed by atoms with E-state index in [0.717, 1.165) is 0 Å². The highest BCUT2D eigenvalue weighted by molar-refractivity contribution is 6.21. The van der Waals surface area contributed by atoms with Gasteiger partial charge in [0.1, 0.15) is 0 Å². The summed E-state index contributed by atoms with van der Waals surface area (Å²) in [6.45, 7) is 2.52. The number of hydrogen-bond acceptors (Lipinski definition) is 4. The van der Waals surface area contributed by atoms with Crippen molar-refractivity contribution >= 4 is 18.2 Å². The average Bonchev–Trinajstić information content (AvgIpc) is 1.85. The molecule has 6 nitrogen and oxygen atoms in total. The third kappa shape index (κ3) is 3.55. The number of hydrogen-bond donors (Lipinski definition) is 2. The van der Waals surface area contributed by atoms with Gasteiger partial charge in [-0.25, -0.2) is 9.59 Å². The van der Waals surface area contributed by atoms with Gasteiger partial charge in [-0.2, -0.15) is 0 Å². The molecule has 0 aromatic rings. The molecule has 0 saturated heterocycles. The molecule has 0 atom stereocenters. The number of nitrogens with zero attached hydrogens (tertiary/aromatic N) is 1. The predicted octanol–water partition coefficient (Wildman–Crippen LogP) is -0.0634. The van der Waals surface area contributed by atoms with Crippen molar-refractivity contribution in [2.75, 3.05) is 0 Å². The molecule has 0 aliphatic rings. The zero-order chi connectivity index (χ0) is 9.78. The SMILES string of the molecule is CC(C)(ON=CC(=O)O)C(=O)O. The number of carboxylic acids is 2. The highest BCUT2D eigenvalue weighted by Gasteiger charge is 2.29. The fraction of sp³-hybridized carbons (Fsp3) is 0.500. The molecule has 12 heavy (non-hydrogen) atoms. The van der Waals surface area contributed by atoms with Crippen molar-refractivity contribution in [3.05, 3.63) is 0 Å². The lowest BCUT2D eigenvalue weighted by Gasteiger charge is -2.15. The van der Waals surface area contributed by atoms with Crippen LogP contribution in [0.15, 0.2) is 5.16 Å². The number of carbonyl (C=O) groups is 2. The van der Waals surface area contributed by atoms with Gasteiger partial charge in [0.15, 0.2) is 6.21 Å². The topological polar surface area (TPSA) is 96.2 Å². The molecule has 0 heterocycles. The van der Waals surface area contributed by atoms with Gasteiger partial charge >= 0.3 is 11.9 Å². The molecule has 0 rings (SSSR count). The highest BCUT2D eigenvalue weighted by Crippen LogP contribution is 2.08. The van der Waals surface area contributed by atoms with E-state index in [9.17, 15) is 9.59 Å². The van der Waals surface area contributed by atoms with E-state index in [4.69, 9.17) is 10.2 Å². The van der Waals surface area contributed by atoms with E-state index in [1.165, 1.54) is 13.8 Å². The summed E-state index contributed by atoms with van der Waals surface area (Å²) in [6.07, 6.45) is 0.477. The quantitative estimate of drug-likeness (QED) is 0.460. The van der Waals surface area contributed by atoms with Crippen molar-refractivity contribution in [1.82, 2.24) is 0 Å². The summed E-state index contributed by atoms with van der Waals surface area (Å²) < 4.78 is 0. The van der Waals surface area contributed by atoms with E-state index in [1.54, 1.807) is 0 Å². The van der Waals surface area contributed by atoms with Gasteiger partial charge in [-0.15, -0.1) is 0 Å². The van der Waals surface area contributed by atoms with Crippen LogP contribution in [0.1, 0.15) is 13.8 Å². The first-order chi connectivity index (χ1) is 5.36. The Morgan fingerprint density at radius 2 is 1.92 bits per heavy atom. The molecule has 0 amide bonds. The van der Waals surface area contributed by atoms with Gasteiger partial charge in [-0.3, -0.25) is 0 Å². The first-order valence-corrected chi connectivity index (χ1v) is 3.04. The highest BCUT2D eigenvalue weighted by atomic mass is 16.7. The zero-order valence-corrected chi connectivity index (χ0v) is 6.64. The first kappa shape index (κ1) is 10.4. The Morgan fingerprint density at radius 3 is 2.25 bits per heavy atom. The molecule has 0 aromatic heterocycles. The predicted molar refractivity (Wildman–Crippen MR) is 38.9 cm³/mol.